The Bertz CT molecular complexity index is 914. The number of ether oxygens (including phenoxy) is 1. The summed E-state index contributed by atoms with van der Waals surface area (Å²) in [7, 11) is 0. The Balaban J connectivity index is 1.77. The van der Waals surface area contributed by atoms with E-state index in [9.17, 15) is 9.59 Å². The molecule has 0 saturated carbocycles. The van der Waals surface area contributed by atoms with E-state index in [1.54, 1.807) is 37.4 Å². The summed E-state index contributed by atoms with van der Waals surface area (Å²) in [6.45, 7) is 2.76. The molecule has 8 heteroatoms. The van der Waals surface area contributed by atoms with Crippen LogP contribution >= 0.6 is 23.2 Å². The summed E-state index contributed by atoms with van der Waals surface area (Å²) in [5.41, 5.74) is 2.44. The first-order valence-electron chi connectivity index (χ1n) is 9.75. The van der Waals surface area contributed by atoms with Gasteiger partial charge in [0.05, 0.1) is 24.9 Å². The van der Waals surface area contributed by atoms with Crippen LogP contribution in [0.2, 0.25) is 10.0 Å². The van der Waals surface area contributed by atoms with Gasteiger partial charge in [0, 0.05) is 16.5 Å². The number of urea groups is 1. The Labute approximate surface area is 185 Å². The number of carbonyl (C=O) groups is 2. The summed E-state index contributed by atoms with van der Waals surface area (Å²) in [6.07, 6.45) is 2.61. The molecule has 0 aromatic heterocycles. The minimum Gasteiger partial charge on any atom is -0.465 e. The highest BCUT2D eigenvalue weighted by Gasteiger charge is 2.40. The van der Waals surface area contributed by atoms with Crippen LogP contribution in [-0.4, -0.2) is 25.2 Å². The van der Waals surface area contributed by atoms with Gasteiger partial charge in [0.2, 0.25) is 0 Å². The molecule has 30 heavy (non-hydrogen) atoms. The van der Waals surface area contributed by atoms with Crippen LogP contribution in [0.1, 0.15) is 24.1 Å². The fourth-order valence-corrected chi connectivity index (χ4v) is 3.60. The zero-order chi connectivity index (χ0) is 21.5. The van der Waals surface area contributed by atoms with E-state index in [0.29, 0.717) is 15.7 Å². The van der Waals surface area contributed by atoms with Gasteiger partial charge in [0.15, 0.2) is 0 Å². The van der Waals surface area contributed by atoms with Crippen LogP contribution in [0.15, 0.2) is 60.4 Å². The van der Waals surface area contributed by atoms with Gasteiger partial charge in [-0.1, -0.05) is 47.5 Å². The van der Waals surface area contributed by atoms with Crippen LogP contribution in [0.4, 0.5) is 4.79 Å². The Hall–Kier alpha value is -2.54. The van der Waals surface area contributed by atoms with Gasteiger partial charge in [0.1, 0.15) is 12.1 Å². The third kappa shape index (κ3) is 5.75. The number of halogens is 2. The fraction of sp³-hybridized carbons (Fsp3) is 0.273. The maximum atomic E-state index is 12.7. The first-order valence-corrected chi connectivity index (χ1v) is 10.5. The first-order chi connectivity index (χ1) is 14.5. The predicted molar refractivity (Wildman–Crippen MR) is 116 cm³/mol. The molecule has 2 aromatic rings. The van der Waals surface area contributed by atoms with Crippen molar-refractivity contribution in [3.8, 4) is 0 Å². The standard InChI is InChI=1S/C22H23Cl2N3O3/c1-2-30-21(28)19-18(13-25-12-11-14-3-7-16(23)8-4-14)26-22(29)27-20(19)15-5-9-17(24)10-6-15/h3-10,13,19-20,25H,2,11-12H2,1H3,(H2,26,27,29)/p+1/b18-13+/t19-,20+/m0/s1. The number of amides is 2. The van der Waals surface area contributed by atoms with Crippen molar-refractivity contribution in [2.75, 3.05) is 13.2 Å². The summed E-state index contributed by atoms with van der Waals surface area (Å²) < 4.78 is 5.29. The smallest absolute Gasteiger partial charge is 0.319 e. The van der Waals surface area contributed by atoms with E-state index in [1.807, 2.05) is 29.6 Å². The van der Waals surface area contributed by atoms with E-state index < -0.39 is 17.9 Å². The molecule has 2 atom stereocenters. The summed E-state index contributed by atoms with van der Waals surface area (Å²) in [6, 6.07) is 13.8. The van der Waals surface area contributed by atoms with Gasteiger partial charge in [-0.05, 0) is 42.3 Å². The van der Waals surface area contributed by atoms with Crippen LogP contribution in [-0.2, 0) is 16.0 Å². The topological polar surface area (TPSA) is 84.0 Å². The number of benzene rings is 2. The molecule has 2 amide bonds. The molecule has 1 aliphatic heterocycles. The lowest BCUT2D eigenvalue weighted by Crippen LogP contribution is -2.79. The molecule has 1 saturated heterocycles. The second-order valence-corrected chi connectivity index (χ2v) is 7.75. The molecule has 4 N–H and O–H groups in total. The average Bonchev–Trinajstić information content (AvgIpc) is 2.72. The van der Waals surface area contributed by atoms with Gasteiger partial charge in [-0.2, -0.15) is 0 Å². The van der Waals surface area contributed by atoms with Crippen molar-refractivity contribution in [1.82, 2.24) is 10.6 Å². The molecule has 158 valence electrons. The Kier molecular flexibility index (Phi) is 7.74. The number of rotatable bonds is 7. The molecule has 6 nitrogen and oxygen atoms in total. The highest BCUT2D eigenvalue weighted by Crippen LogP contribution is 2.31. The van der Waals surface area contributed by atoms with E-state index in [-0.39, 0.29) is 12.6 Å². The molecule has 2 aromatic carbocycles. The summed E-state index contributed by atoms with van der Waals surface area (Å²) in [4.78, 5) is 25.0. The van der Waals surface area contributed by atoms with E-state index >= 15 is 0 Å². The van der Waals surface area contributed by atoms with Gasteiger partial charge in [-0.25, -0.2) is 4.79 Å². The molecule has 0 bridgehead atoms. The SMILES string of the molecule is CCOC(=O)[C@H]1/C(=C\[NH2+]CCc2ccc(Cl)cc2)NC(=O)N[C@@H]1c1ccc(Cl)cc1. The number of hydrogen-bond acceptors (Lipinski definition) is 3. The largest absolute Gasteiger partial charge is 0.465 e. The van der Waals surface area contributed by atoms with Crippen LogP contribution in [0.3, 0.4) is 0 Å². The van der Waals surface area contributed by atoms with E-state index in [1.165, 1.54) is 0 Å². The van der Waals surface area contributed by atoms with E-state index in [4.69, 9.17) is 27.9 Å². The van der Waals surface area contributed by atoms with Crippen LogP contribution < -0.4 is 16.0 Å². The van der Waals surface area contributed by atoms with E-state index in [2.05, 4.69) is 10.6 Å². The number of quaternary nitrogens is 1. The highest BCUT2D eigenvalue weighted by molar-refractivity contribution is 6.30. The monoisotopic (exact) mass is 448 g/mol. The molecule has 0 spiro atoms. The summed E-state index contributed by atoms with van der Waals surface area (Å²) in [5, 5.41) is 8.82. The first kappa shape index (κ1) is 22.2. The number of nitrogens with two attached hydrogens (primary N) is 1. The molecule has 1 aliphatic rings. The van der Waals surface area contributed by atoms with E-state index in [0.717, 1.165) is 24.1 Å². The molecule has 0 unspecified atom stereocenters. The minimum absolute atomic E-state index is 0.254. The summed E-state index contributed by atoms with van der Waals surface area (Å²) in [5.74, 6) is -1.09. The minimum atomic E-state index is -0.685. The lowest BCUT2D eigenvalue weighted by Gasteiger charge is -2.33. The number of hydrogen-bond donors (Lipinski definition) is 3. The normalized spacial score (nSPS) is 19.8. The van der Waals surface area contributed by atoms with Crippen molar-refractivity contribution in [3.63, 3.8) is 0 Å². The molecule has 1 heterocycles. The zero-order valence-electron chi connectivity index (χ0n) is 16.5. The van der Waals surface area contributed by atoms with Crippen molar-refractivity contribution in [2.24, 2.45) is 5.92 Å². The maximum absolute atomic E-state index is 12.7. The van der Waals surface area contributed by atoms with Gasteiger partial charge < -0.3 is 20.7 Å². The summed E-state index contributed by atoms with van der Waals surface area (Å²) >= 11 is 11.9. The lowest BCUT2D eigenvalue weighted by atomic mass is 9.88. The van der Waals surface area contributed by atoms with Gasteiger partial charge >= 0.3 is 12.0 Å². The highest BCUT2D eigenvalue weighted by atomic mass is 35.5. The Morgan fingerprint density at radius 3 is 2.37 bits per heavy atom. The molecular weight excluding hydrogens is 425 g/mol. The van der Waals surface area contributed by atoms with Crippen LogP contribution in [0.25, 0.3) is 0 Å². The Morgan fingerprint density at radius 2 is 1.73 bits per heavy atom. The molecule has 3 rings (SSSR count). The number of carbonyl (C=O) groups excluding carboxylic acids is 2. The van der Waals surface area contributed by atoms with Crippen molar-refractivity contribution < 1.29 is 19.6 Å². The van der Waals surface area contributed by atoms with Gasteiger partial charge in [0.25, 0.3) is 0 Å². The average molecular weight is 449 g/mol. The van der Waals surface area contributed by atoms with Gasteiger partial charge in [-0.3, -0.25) is 4.79 Å². The van der Waals surface area contributed by atoms with Crippen LogP contribution in [0, 0.1) is 5.92 Å². The predicted octanol–water partition coefficient (Wildman–Crippen LogP) is 3.17. The van der Waals surface area contributed by atoms with Crippen molar-refractivity contribution in [3.05, 3.63) is 81.6 Å². The molecule has 0 aliphatic carbocycles. The third-order valence-corrected chi connectivity index (χ3v) is 5.30. The second-order valence-electron chi connectivity index (χ2n) is 6.88. The van der Waals surface area contributed by atoms with Crippen molar-refractivity contribution in [1.29, 1.82) is 0 Å². The maximum Gasteiger partial charge on any atom is 0.319 e. The molecule has 1 fully saturated rings. The quantitative estimate of drug-likeness (QED) is 0.449. The molecule has 0 radical (unpaired) electrons. The third-order valence-electron chi connectivity index (χ3n) is 4.79. The number of esters is 1. The fourth-order valence-electron chi connectivity index (χ4n) is 3.35. The van der Waals surface area contributed by atoms with Crippen molar-refractivity contribution >= 4 is 35.2 Å². The van der Waals surface area contributed by atoms with Crippen LogP contribution in [0.5, 0.6) is 0 Å². The van der Waals surface area contributed by atoms with Crippen molar-refractivity contribution in [2.45, 2.75) is 19.4 Å². The zero-order valence-corrected chi connectivity index (χ0v) is 18.0. The molecular formula is C22H24Cl2N3O3+. The number of nitrogens with one attached hydrogen (secondary N) is 2. The second kappa shape index (κ2) is 10.5. The lowest BCUT2D eigenvalue weighted by molar-refractivity contribution is -0.588. The Morgan fingerprint density at radius 1 is 1.10 bits per heavy atom. The van der Waals surface area contributed by atoms with Gasteiger partial charge in [-0.15, -0.1) is 0 Å².